The van der Waals surface area contributed by atoms with Gasteiger partial charge in [-0.25, -0.2) is 0 Å². The van der Waals surface area contributed by atoms with Crippen molar-refractivity contribution < 1.29 is 46.8 Å². The number of aliphatic hydroxyl groups is 2. The van der Waals surface area contributed by atoms with E-state index in [9.17, 15) is 23.4 Å². The lowest BCUT2D eigenvalue weighted by atomic mass is 9.98. The van der Waals surface area contributed by atoms with Crippen LogP contribution >= 0.6 is 0 Å². The molecule has 5 atom stereocenters. The average molecular weight is 548 g/mol. The Morgan fingerprint density at radius 3 is 2.47 bits per heavy atom. The first-order valence-corrected chi connectivity index (χ1v) is 13.2. The number of aliphatic hydroxyl groups excluding tert-OH is 2. The van der Waals surface area contributed by atoms with E-state index in [1.165, 1.54) is 26.2 Å². The highest BCUT2D eigenvalue weighted by Crippen LogP contribution is 2.27. The number of carbonyl (C=O) groups is 1. The summed E-state index contributed by atoms with van der Waals surface area (Å²) in [5.41, 5.74) is 1.34. The van der Waals surface area contributed by atoms with Crippen LogP contribution in [0.15, 0.2) is 68.3 Å². The summed E-state index contributed by atoms with van der Waals surface area (Å²) in [6.07, 6.45) is -5.97. The van der Waals surface area contributed by atoms with Crippen molar-refractivity contribution in [3.63, 3.8) is 0 Å². The molecule has 0 amide bonds. The molecule has 1 aliphatic rings. The number of nitrogens with zero attached hydrogens (tertiary/aromatic N) is 1. The maximum absolute atomic E-state index is 13.1. The second-order valence-electron chi connectivity index (χ2n) is 8.80. The molecule has 3 aromatic rings. The van der Waals surface area contributed by atoms with Gasteiger partial charge in [0, 0.05) is 25.0 Å². The molecule has 0 aliphatic carbocycles. The van der Waals surface area contributed by atoms with Crippen molar-refractivity contribution >= 4 is 27.0 Å². The normalized spacial score (nSPS) is 24.4. The van der Waals surface area contributed by atoms with E-state index in [0.717, 1.165) is 5.56 Å². The average Bonchev–Trinajstić information content (AvgIpc) is 2.88. The minimum absolute atomic E-state index is 0.0122. The Hall–Kier alpha value is -3.13. The van der Waals surface area contributed by atoms with Crippen molar-refractivity contribution in [1.82, 2.24) is 0 Å². The van der Waals surface area contributed by atoms with E-state index < -0.39 is 53.3 Å². The fourth-order valence-electron chi connectivity index (χ4n) is 4.09. The van der Waals surface area contributed by atoms with Crippen LogP contribution in [0.2, 0.25) is 0 Å². The zero-order chi connectivity index (χ0) is 27.4. The lowest BCUT2D eigenvalue weighted by Crippen LogP contribution is -2.61. The first-order valence-electron chi connectivity index (χ1n) is 11.8. The van der Waals surface area contributed by atoms with Gasteiger partial charge in [0.25, 0.3) is 10.0 Å². The quantitative estimate of drug-likeness (QED) is 0.397. The first-order chi connectivity index (χ1) is 18.1. The van der Waals surface area contributed by atoms with E-state index in [0.29, 0.717) is 11.0 Å². The number of benzene rings is 2. The summed E-state index contributed by atoms with van der Waals surface area (Å²) in [5.74, 6) is -0.663. The largest absolute Gasteiger partial charge is 0.454 e. The molecule has 11 nitrogen and oxygen atoms in total. The maximum atomic E-state index is 13.1. The summed E-state index contributed by atoms with van der Waals surface area (Å²) in [4.78, 5) is 11.7. The molecule has 0 spiro atoms. The van der Waals surface area contributed by atoms with Crippen LogP contribution in [0.25, 0.3) is 11.0 Å². The van der Waals surface area contributed by atoms with Gasteiger partial charge in [0.15, 0.2) is 12.4 Å². The minimum atomic E-state index is -4.14. The van der Waals surface area contributed by atoms with Crippen molar-refractivity contribution in [2.45, 2.75) is 56.1 Å². The van der Waals surface area contributed by atoms with Gasteiger partial charge in [0.1, 0.15) is 23.9 Å². The van der Waals surface area contributed by atoms with Gasteiger partial charge in [-0.2, -0.15) is 8.42 Å². The van der Waals surface area contributed by atoms with E-state index in [4.69, 9.17) is 23.4 Å². The molecule has 1 fully saturated rings. The molecule has 0 saturated carbocycles. The molecule has 38 heavy (non-hydrogen) atoms. The minimum Gasteiger partial charge on any atom is -0.454 e. The fourth-order valence-corrected chi connectivity index (χ4v) is 5.05. The van der Waals surface area contributed by atoms with Crippen LogP contribution in [-0.2, 0) is 40.4 Å². The van der Waals surface area contributed by atoms with Gasteiger partial charge in [-0.15, -0.1) is 4.40 Å². The van der Waals surface area contributed by atoms with E-state index in [1.54, 1.807) is 42.5 Å². The number of esters is 1. The Kier molecular flexibility index (Phi) is 8.61. The highest BCUT2D eigenvalue weighted by atomic mass is 32.2. The van der Waals surface area contributed by atoms with E-state index >= 15 is 0 Å². The molecule has 1 saturated heterocycles. The smallest absolute Gasteiger partial charge is 0.303 e. The Morgan fingerprint density at radius 2 is 1.82 bits per heavy atom. The Labute approximate surface area is 219 Å². The highest BCUT2D eigenvalue weighted by Gasteiger charge is 2.48. The lowest BCUT2D eigenvalue weighted by molar-refractivity contribution is -0.306. The van der Waals surface area contributed by atoms with Gasteiger partial charge in [-0.1, -0.05) is 35.9 Å². The topological polar surface area (TPSA) is 154 Å². The Bertz CT molecular complexity index is 1450. The van der Waals surface area contributed by atoms with Crippen LogP contribution in [-0.4, -0.2) is 69.0 Å². The Morgan fingerprint density at radius 1 is 1.11 bits per heavy atom. The third-order valence-electron chi connectivity index (χ3n) is 6.02. The number of ether oxygens (including phenoxy) is 4. The monoisotopic (exact) mass is 547 g/mol. The van der Waals surface area contributed by atoms with Crippen LogP contribution in [0.3, 0.4) is 0 Å². The second kappa shape index (κ2) is 11.7. The molecule has 1 aromatic heterocycles. The van der Waals surface area contributed by atoms with Crippen molar-refractivity contribution in [1.29, 1.82) is 0 Å². The van der Waals surface area contributed by atoms with E-state index in [2.05, 4.69) is 4.40 Å². The molecule has 12 heteroatoms. The van der Waals surface area contributed by atoms with Gasteiger partial charge in [-0.3, -0.25) is 4.79 Å². The number of methoxy groups -OCH3 is 1. The molecule has 0 radical (unpaired) electrons. The number of carbonyl (C=O) groups excluding carboxylic acids is 1. The van der Waals surface area contributed by atoms with Crippen LogP contribution in [0.1, 0.15) is 18.1 Å². The summed E-state index contributed by atoms with van der Waals surface area (Å²) in [6, 6.07) is 14.9. The number of para-hydroxylation sites is 1. The van der Waals surface area contributed by atoms with Gasteiger partial charge in [0.05, 0.1) is 18.1 Å². The lowest BCUT2D eigenvalue weighted by Gasteiger charge is -2.42. The van der Waals surface area contributed by atoms with Gasteiger partial charge in [-0.05, 0) is 31.2 Å². The summed E-state index contributed by atoms with van der Waals surface area (Å²) in [5, 5.41) is 21.1. The number of rotatable bonds is 8. The van der Waals surface area contributed by atoms with Crippen LogP contribution < -0.4 is 5.55 Å². The van der Waals surface area contributed by atoms with Crippen molar-refractivity contribution in [3.05, 3.63) is 71.3 Å². The van der Waals surface area contributed by atoms with Crippen LogP contribution in [0.5, 0.6) is 0 Å². The molecule has 1 aliphatic heterocycles. The molecule has 2 heterocycles. The third kappa shape index (κ3) is 6.12. The molecular formula is C26H29NO10S. The summed E-state index contributed by atoms with van der Waals surface area (Å²) in [6.45, 7) is 2.19. The van der Waals surface area contributed by atoms with Crippen molar-refractivity contribution in [2.75, 3.05) is 13.7 Å². The van der Waals surface area contributed by atoms with Crippen LogP contribution in [0, 0.1) is 6.92 Å². The second-order valence-corrected chi connectivity index (χ2v) is 10.4. The Balaban J connectivity index is 1.74. The molecule has 0 unspecified atom stereocenters. The SMILES string of the molecule is CO[C@H]1O[C@H](CO)[C@H](O)[C@H](OCc2cc3ccccc3oc2=NS(=O)(=O)c2ccc(C)cc2)[C@H]1OC(C)=O. The number of aryl methyl sites for hydroxylation is 1. The molecular weight excluding hydrogens is 518 g/mol. The fraction of sp³-hybridized carbons (Fsp3) is 0.385. The molecule has 0 bridgehead atoms. The number of sulfonamides is 1. The van der Waals surface area contributed by atoms with Gasteiger partial charge in [0.2, 0.25) is 5.55 Å². The van der Waals surface area contributed by atoms with Gasteiger partial charge >= 0.3 is 5.97 Å². The van der Waals surface area contributed by atoms with E-state index in [1.807, 2.05) is 6.92 Å². The zero-order valence-electron chi connectivity index (χ0n) is 21.0. The third-order valence-corrected chi connectivity index (χ3v) is 7.29. The van der Waals surface area contributed by atoms with Gasteiger partial charge < -0.3 is 33.6 Å². The predicted octanol–water partition coefficient (Wildman–Crippen LogP) is 1.57. The molecule has 2 aromatic carbocycles. The zero-order valence-corrected chi connectivity index (χ0v) is 21.8. The standard InChI is InChI=1S/C26H29NO10S/c1-15-8-10-19(11-9-15)38(31,32)27-25-18(12-17-6-4-5-7-20(17)36-25)14-34-23-22(30)21(13-28)37-26(33-3)24(23)35-16(2)29/h4-12,21-24,26,28,30H,13-14H2,1-3H3/t21-,22+,23+,24-,26+/m1/s1. The molecule has 2 N–H and O–H groups in total. The maximum Gasteiger partial charge on any atom is 0.303 e. The van der Waals surface area contributed by atoms with Crippen molar-refractivity contribution in [2.24, 2.45) is 4.40 Å². The molecule has 204 valence electrons. The summed E-state index contributed by atoms with van der Waals surface area (Å²) in [7, 11) is -2.82. The first kappa shape index (κ1) is 27.9. The number of hydrogen-bond acceptors (Lipinski definition) is 10. The molecule has 4 rings (SSSR count). The van der Waals surface area contributed by atoms with Crippen molar-refractivity contribution in [3.8, 4) is 0 Å². The van der Waals surface area contributed by atoms with Crippen LogP contribution in [0.4, 0.5) is 0 Å². The summed E-state index contributed by atoms with van der Waals surface area (Å²) < 4.78 is 58.0. The highest BCUT2D eigenvalue weighted by molar-refractivity contribution is 7.90. The van der Waals surface area contributed by atoms with E-state index in [-0.39, 0.29) is 22.6 Å². The number of fused-ring (bicyclic) bond motifs is 1. The summed E-state index contributed by atoms with van der Waals surface area (Å²) >= 11 is 0. The number of hydrogen-bond donors (Lipinski definition) is 2. The predicted molar refractivity (Wildman–Crippen MR) is 133 cm³/mol.